The highest BCUT2D eigenvalue weighted by Gasteiger charge is 2.17. The average Bonchev–Trinajstić information content (AvgIpc) is 3.23. The van der Waals surface area contributed by atoms with Gasteiger partial charge in [-0.1, -0.05) is 22.8 Å². The minimum absolute atomic E-state index is 0.00901. The number of sulfone groups is 1. The van der Waals surface area contributed by atoms with Crippen LogP contribution in [0.3, 0.4) is 0 Å². The number of carbonyl (C=O) groups excluding carboxylic acids is 1. The van der Waals surface area contributed by atoms with Gasteiger partial charge in [-0.05, 0) is 29.6 Å². The number of aromatic nitrogens is 1. The first-order valence-electron chi connectivity index (χ1n) is 7.01. The fraction of sp³-hybridized carbons (Fsp3) is 0.125. The highest BCUT2D eigenvalue weighted by atomic mass is 35.5. The second kappa shape index (κ2) is 6.99. The van der Waals surface area contributed by atoms with Crippen molar-refractivity contribution in [2.75, 3.05) is 6.26 Å². The van der Waals surface area contributed by atoms with Crippen LogP contribution in [-0.2, 0) is 21.2 Å². The predicted molar refractivity (Wildman–Crippen MR) is 93.5 cm³/mol. The summed E-state index contributed by atoms with van der Waals surface area (Å²) in [7, 11) is -3.46. The molecule has 0 bridgehead atoms. The molecule has 0 saturated carbocycles. The predicted octanol–water partition coefficient (Wildman–Crippen LogP) is 3.82. The van der Waals surface area contributed by atoms with Crippen LogP contribution in [0.15, 0.2) is 51.2 Å². The maximum Gasteiger partial charge on any atom is 0.340 e. The molecular weight excluding hydrogens is 386 g/mol. The van der Waals surface area contributed by atoms with Gasteiger partial charge in [0.15, 0.2) is 15.6 Å². The summed E-state index contributed by atoms with van der Waals surface area (Å²) >= 11 is 7.47. The highest BCUT2D eigenvalue weighted by Crippen LogP contribution is 2.26. The molecule has 1 aromatic carbocycles. The van der Waals surface area contributed by atoms with E-state index in [-0.39, 0.29) is 22.1 Å². The Hall–Kier alpha value is -2.16. The first-order valence-corrected chi connectivity index (χ1v) is 10.2. The quantitative estimate of drug-likeness (QED) is 0.608. The van der Waals surface area contributed by atoms with Crippen molar-refractivity contribution in [1.82, 2.24) is 5.16 Å². The minimum atomic E-state index is -3.46. The van der Waals surface area contributed by atoms with Crippen molar-refractivity contribution in [1.29, 1.82) is 0 Å². The number of thiophene rings is 1. The summed E-state index contributed by atoms with van der Waals surface area (Å²) < 4.78 is 33.5. The van der Waals surface area contributed by atoms with E-state index in [1.165, 1.54) is 29.5 Å². The van der Waals surface area contributed by atoms with E-state index in [1.54, 1.807) is 6.07 Å². The molecule has 3 aromatic rings. The summed E-state index contributed by atoms with van der Waals surface area (Å²) in [4.78, 5) is 13.1. The Morgan fingerprint density at radius 1 is 1.32 bits per heavy atom. The molecule has 0 aliphatic rings. The van der Waals surface area contributed by atoms with Crippen molar-refractivity contribution in [2.45, 2.75) is 11.5 Å². The average molecular weight is 398 g/mol. The maximum atomic E-state index is 12.2. The number of rotatable bonds is 5. The number of nitrogens with zero attached hydrogens (tertiary/aromatic N) is 1. The van der Waals surface area contributed by atoms with Crippen LogP contribution in [0.2, 0.25) is 5.02 Å². The molecule has 9 heteroatoms. The number of carbonyl (C=O) groups is 1. The van der Waals surface area contributed by atoms with Crippen LogP contribution >= 0.6 is 22.9 Å². The molecule has 130 valence electrons. The standard InChI is InChI=1S/C16H12ClNO5S2/c1-25(20,21)11-4-5-13(17)12(8-11)16(19)22-9-10-7-14(23-18-10)15-3-2-6-24-15/h2-8H,9H2,1H3. The van der Waals surface area contributed by atoms with E-state index in [4.69, 9.17) is 20.9 Å². The number of hydrogen-bond acceptors (Lipinski definition) is 7. The summed E-state index contributed by atoms with van der Waals surface area (Å²) in [5.74, 6) is -0.158. The zero-order valence-electron chi connectivity index (χ0n) is 12.9. The smallest absolute Gasteiger partial charge is 0.340 e. The molecule has 6 nitrogen and oxygen atoms in total. The molecule has 2 heterocycles. The van der Waals surface area contributed by atoms with Crippen LogP contribution in [0.4, 0.5) is 0 Å². The van der Waals surface area contributed by atoms with Crippen LogP contribution in [0, 0.1) is 0 Å². The van der Waals surface area contributed by atoms with Crippen LogP contribution in [0.25, 0.3) is 10.6 Å². The van der Waals surface area contributed by atoms with Gasteiger partial charge >= 0.3 is 5.97 Å². The van der Waals surface area contributed by atoms with Gasteiger partial charge in [-0.3, -0.25) is 0 Å². The van der Waals surface area contributed by atoms with E-state index in [9.17, 15) is 13.2 Å². The fourth-order valence-electron chi connectivity index (χ4n) is 2.02. The van der Waals surface area contributed by atoms with Gasteiger partial charge in [-0.15, -0.1) is 11.3 Å². The summed E-state index contributed by atoms with van der Waals surface area (Å²) in [5, 5.41) is 5.86. The second-order valence-electron chi connectivity index (χ2n) is 5.15. The SMILES string of the molecule is CS(=O)(=O)c1ccc(Cl)c(C(=O)OCc2cc(-c3cccs3)on2)c1. The lowest BCUT2D eigenvalue weighted by molar-refractivity contribution is 0.0464. The van der Waals surface area contributed by atoms with Gasteiger partial charge in [0.05, 0.1) is 20.4 Å². The summed E-state index contributed by atoms with van der Waals surface area (Å²) in [6, 6.07) is 9.32. The third-order valence-electron chi connectivity index (χ3n) is 3.26. The molecule has 0 saturated heterocycles. The highest BCUT2D eigenvalue weighted by molar-refractivity contribution is 7.90. The van der Waals surface area contributed by atoms with Gasteiger partial charge < -0.3 is 9.26 Å². The zero-order chi connectivity index (χ0) is 18.0. The first-order chi connectivity index (χ1) is 11.8. The van der Waals surface area contributed by atoms with Gasteiger partial charge in [0, 0.05) is 12.3 Å². The Bertz CT molecular complexity index is 1010. The maximum absolute atomic E-state index is 12.2. The monoisotopic (exact) mass is 397 g/mol. The van der Waals surface area contributed by atoms with E-state index in [1.807, 2.05) is 17.5 Å². The van der Waals surface area contributed by atoms with Crippen molar-refractivity contribution in [2.24, 2.45) is 0 Å². The van der Waals surface area contributed by atoms with Gasteiger partial charge in [0.2, 0.25) is 0 Å². The summed E-state index contributed by atoms with van der Waals surface area (Å²) in [5.41, 5.74) is 0.415. The summed E-state index contributed by atoms with van der Waals surface area (Å²) in [6.07, 6.45) is 1.05. The lowest BCUT2D eigenvalue weighted by Gasteiger charge is -2.06. The Morgan fingerprint density at radius 3 is 2.80 bits per heavy atom. The first kappa shape index (κ1) is 17.7. The molecule has 2 aromatic heterocycles. The van der Waals surface area contributed by atoms with Gasteiger partial charge in [-0.2, -0.15) is 0 Å². The molecule has 0 unspecified atom stereocenters. The van der Waals surface area contributed by atoms with Crippen LogP contribution in [0.1, 0.15) is 16.1 Å². The van der Waals surface area contributed by atoms with Crippen LogP contribution in [0.5, 0.6) is 0 Å². The third-order valence-corrected chi connectivity index (χ3v) is 5.58. The molecule has 0 spiro atoms. The second-order valence-corrected chi connectivity index (χ2v) is 8.52. The van der Waals surface area contributed by atoms with Crippen LogP contribution in [-0.4, -0.2) is 25.8 Å². The van der Waals surface area contributed by atoms with Gasteiger partial charge in [0.1, 0.15) is 12.3 Å². The Kier molecular flexibility index (Phi) is 4.94. The molecular formula is C16H12ClNO5S2. The van der Waals surface area contributed by atoms with E-state index in [0.29, 0.717) is 11.5 Å². The molecule has 0 aliphatic carbocycles. The number of esters is 1. The Labute approximate surface area is 152 Å². The number of ether oxygens (including phenoxy) is 1. The van der Waals surface area contributed by atoms with Gasteiger partial charge in [-0.25, -0.2) is 13.2 Å². The van der Waals surface area contributed by atoms with Crippen molar-refractivity contribution < 1.29 is 22.5 Å². The number of hydrogen-bond donors (Lipinski definition) is 0. The molecule has 0 atom stereocenters. The minimum Gasteiger partial charge on any atom is -0.455 e. The van der Waals surface area contributed by atoms with E-state index < -0.39 is 15.8 Å². The van der Waals surface area contributed by atoms with E-state index in [2.05, 4.69) is 5.16 Å². The summed E-state index contributed by atoms with van der Waals surface area (Å²) in [6.45, 7) is -0.118. The normalized spacial score (nSPS) is 11.4. The van der Waals surface area contributed by atoms with Crippen molar-refractivity contribution in [3.8, 4) is 10.6 Å². The number of benzene rings is 1. The lowest BCUT2D eigenvalue weighted by atomic mass is 10.2. The molecule has 0 fully saturated rings. The van der Waals surface area contributed by atoms with Crippen molar-refractivity contribution in [3.05, 3.63) is 58.1 Å². The van der Waals surface area contributed by atoms with Gasteiger partial charge in [0.25, 0.3) is 0 Å². The molecule has 25 heavy (non-hydrogen) atoms. The van der Waals surface area contributed by atoms with Crippen molar-refractivity contribution >= 4 is 38.7 Å². The topological polar surface area (TPSA) is 86.5 Å². The Morgan fingerprint density at radius 2 is 2.12 bits per heavy atom. The lowest BCUT2D eigenvalue weighted by Crippen LogP contribution is -2.08. The fourth-order valence-corrected chi connectivity index (χ4v) is 3.54. The van der Waals surface area contributed by atoms with Crippen molar-refractivity contribution in [3.63, 3.8) is 0 Å². The largest absolute Gasteiger partial charge is 0.455 e. The number of halogens is 1. The molecule has 0 N–H and O–H groups in total. The molecule has 3 rings (SSSR count). The zero-order valence-corrected chi connectivity index (χ0v) is 15.3. The molecule has 0 radical (unpaired) electrons. The van der Waals surface area contributed by atoms with Crippen LogP contribution < -0.4 is 0 Å². The third kappa shape index (κ3) is 4.09. The van der Waals surface area contributed by atoms with E-state index in [0.717, 1.165) is 11.1 Å². The Balaban J connectivity index is 1.73. The molecule has 0 amide bonds. The van der Waals surface area contributed by atoms with E-state index >= 15 is 0 Å². The molecule has 0 aliphatic heterocycles.